The van der Waals surface area contributed by atoms with Crippen LogP contribution in [0.25, 0.3) is 16.9 Å². The van der Waals surface area contributed by atoms with E-state index in [1.807, 2.05) is 36.1 Å². The first-order valence-electron chi connectivity index (χ1n) is 9.92. The van der Waals surface area contributed by atoms with Crippen molar-refractivity contribution in [1.82, 2.24) is 19.6 Å². The Morgan fingerprint density at radius 1 is 0.966 bits per heavy atom. The molecular formula is C23H25FN4O. The van der Waals surface area contributed by atoms with Crippen LogP contribution in [-0.2, 0) is 0 Å². The fraction of sp³-hybridized carbons (Fsp3) is 0.304. The van der Waals surface area contributed by atoms with E-state index in [0.29, 0.717) is 17.8 Å². The molecular weight excluding hydrogens is 367 g/mol. The van der Waals surface area contributed by atoms with E-state index >= 15 is 0 Å². The topological polar surface area (TPSA) is 41.4 Å². The molecule has 29 heavy (non-hydrogen) atoms. The minimum atomic E-state index is -0.301. The van der Waals surface area contributed by atoms with E-state index in [9.17, 15) is 9.18 Å². The normalized spacial score (nSPS) is 15.3. The highest BCUT2D eigenvalue weighted by molar-refractivity contribution is 6.00. The molecule has 1 fully saturated rings. The molecule has 0 unspecified atom stereocenters. The standard InChI is InChI=1S/C23H25FN4O/c1-17-4-6-18(7-5-17)22-21(23(29)27-13-3-12-26(2)14-15-27)16-28(25-22)20-10-8-19(24)9-11-20/h4-11,16H,3,12-15H2,1-2H3. The number of likely N-dealkylation sites (N-methyl/N-ethyl adjacent to an activating group) is 1. The molecule has 1 saturated heterocycles. The summed E-state index contributed by atoms with van der Waals surface area (Å²) in [6.45, 7) is 5.31. The summed E-state index contributed by atoms with van der Waals surface area (Å²) in [7, 11) is 2.08. The summed E-state index contributed by atoms with van der Waals surface area (Å²) in [4.78, 5) is 17.6. The lowest BCUT2D eigenvalue weighted by Gasteiger charge is -2.20. The van der Waals surface area contributed by atoms with Crippen molar-refractivity contribution >= 4 is 5.91 Å². The van der Waals surface area contributed by atoms with Crippen LogP contribution in [0.3, 0.4) is 0 Å². The average Bonchev–Trinajstić information content (AvgIpc) is 3.04. The Bertz CT molecular complexity index is 995. The van der Waals surface area contributed by atoms with Crippen molar-refractivity contribution in [3.8, 4) is 16.9 Å². The summed E-state index contributed by atoms with van der Waals surface area (Å²) in [5.74, 6) is -0.311. The summed E-state index contributed by atoms with van der Waals surface area (Å²) in [5.41, 5.74) is 3.98. The maximum absolute atomic E-state index is 13.4. The number of aryl methyl sites for hydroxylation is 1. The zero-order valence-electron chi connectivity index (χ0n) is 16.8. The Morgan fingerprint density at radius 2 is 1.69 bits per heavy atom. The molecule has 2 heterocycles. The van der Waals surface area contributed by atoms with Crippen molar-refractivity contribution in [2.45, 2.75) is 13.3 Å². The van der Waals surface area contributed by atoms with Gasteiger partial charge in [0.05, 0.1) is 11.3 Å². The number of hydrogen-bond donors (Lipinski definition) is 0. The fourth-order valence-corrected chi connectivity index (χ4v) is 3.60. The monoisotopic (exact) mass is 392 g/mol. The van der Waals surface area contributed by atoms with E-state index in [1.54, 1.807) is 23.0 Å². The maximum atomic E-state index is 13.4. The van der Waals surface area contributed by atoms with E-state index < -0.39 is 0 Å². The molecule has 1 aliphatic heterocycles. The lowest BCUT2D eigenvalue weighted by atomic mass is 10.1. The second-order valence-electron chi connectivity index (χ2n) is 7.63. The van der Waals surface area contributed by atoms with Crippen molar-refractivity contribution in [1.29, 1.82) is 0 Å². The van der Waals surface area contributed by atoms with Crippen molar-refractivity contribution in [2.75, 3.05) is 33.2 Å². The van der Waals surface area contributed by atoms with Crippen LogP contribution >= 0.6 is 0 Å². The smallest absolute Gasteiger partial charge is 0.257 e. The van der Waals surface area contributed by atoms with Gasteiger partial charge in [0.15, 0.2) is 0 Å². The summed E-state index contributed by atoms with van der Waals surface area (Å²) < 4.78 is 15.0. The van der Waals surface area contributed by atoms with Gasteiger partial charge in [0.2, 0.25) is 0 Å². The maximum Gasteiger partial charge on any atom is 0.257 e. The number of carbonyl (C=O) groups excluding carboxylic acids is 1. The van der Waals surface area contributed by atoms with Crippen LogP contribution in [0.2, 0.25) is 0 Å². The molecule has 0 aliphatic carbocycles. The minimum absolute atomic E-state index is 0.00997. The summed E-state index contributed by atoms with van der Waals surface area (Å²) in [6, 6.07) is 14.1. The van der Waals surface area contributed by atoms with E-state index in [2.05, 4.69) is 11.9 Å². The lowest BCUT2D eigenvalue weighted by Crippen LogP contribution is -2.34. The SMILES string of the molecule is Cc1ccc(-c2nn(-c3ccc(F)cc3)cc2C(=O)N2CCCN(C)CC2)cc1. The molecule has 0 saturated carbocycles. The molecule has 4 rings (SSSR count). The summed E-state index contributed by atoms with van der Waals surface area (Å²) in [6.07, 6.45) is 2.72. The van der Waals surface area contributed by atoms with Crippen LogP contribution in [0.4, 0.5) is 4.39 Å². The van der Waals surface area contributed by atoms with Crippen LogP contribution in [-0.4, -0.2) is 58.7 Å². The van der Waals surface area contributed by atoms with Gasteiger partial charge in [-0.3, -0.25) is 4.79 Å². The van der Waals surface area contributed by atoms with Crippen LogP contribution < -0.4 is 0 Å². The number of hydrogen-bond acceptors (Lipinski definition) is 3. The molecule has 6 heteroatoms. The molecule has 0 bridgehead atoms. The van der Waals surface area contributed by atoms with Gasteiger partial charge in [-0.15, -0.1) is 0 Å². The number of aromatic nitrogens is 2. The average molecular weight is 392 g/mol. The summed E-state index contributed by atoms with van der Waals surface area (Å²) in [5, 5.41) is 4.70. The Hall–Kier alpha value is -2.99. The third-order valence-electron chi connectivity index (χ3n) is 5.37. The van der Waals surface area contributed by atoms with Crippen molar-refractivity contribution < 1.29 is 9.18 Å². The highest BCUT2D eigenvalue weighted by Crippen LogP contribution is 2.26. The largest absolute Gasteiger partial charge is 0.337 e. The van der Waals surface area contributed by atoms with Crippen molar-refractivity contribution in [2.24, 2.45) is 0 Å². The Morgan fingerprint density at radius 3 is 2.41 bits per heavy atom. The Balaban J connectivity index is 1.75. The highest BCUT2D eigenvalue weighted by Gasteiger charge is 2.25. The fourth-order valence-electron chi connectivity index (χ4n) is 3.60. The second kappa shape index (κ2) is 8.17. The molecule has 1 amide bonds. The molecule has 3 aromatic rings. The van der Waals surface area contributed by atoms with Crippen LogP contribution in [0.5, 0.6) is 0 Å². The van der Waals surface area contributed by atoms with Crippen LogP contribution in [0.15, 0.2) is 54.7 Å². The summed E-state index contributed by atoms with van der Waals surface area (Å²) >= 11 is 0. The first kappa shape index (κ1) is 19.3. The van der Waals surface area contributed by atoms with Gasteiger partial charge >= 0.3 is 0 Å². The first-order valence-corrected chi connectivity index (χ1v) is 9.92. The highest BCUT2D eigenvalue weighted by atomic mass is 19.1. The van der Waals surface area contributed by atoms with Crippen molar-refractivity contribution in [3.63, 3.8) is 0 Å². The van der Waals surface area contributed by atoms with Gasteiger partial charge in [-0.25, -0.2) is 9.07 Å². The Labute approximate surface area is 170 Å². The molecule has 0 spiro atoms. The van der Waals surface area contributed by atoms with E-state index in [-0.39, 0.29) is 11.7 Å². The third kappa shape index (κ3) is 4.22. The van der Waals surface area contributed by atoms with Gasteiger partial charge in [0.1, 0.15) is 11.5 Å². The minimum Gasteiger partial charge on any atom is -0.337 e. The second-order valence-corrected chi connectivity index (χ2v) is 7.63. The van der Waals surface area contributed by atoms with Crippen LogP contribution in [0.1, 0.15) is 22.3 Å². The van der Waals surface area contributed by atoms with Gasteiger partial charge < -0.3 is 9.80 Å². The molecule has 150 valence electrons. The lowest BCUT2D eigenvalue weighted by molar-refractivity contribution is 0.0763. The number of amides is 1. The van der Waals surface area contributed by atoms with Crippen molar-refractivity contribution in [3.05, 3.63) is 71.7 Å². The van der Waals surface area contributed by atoms with E-state index in [4.69, 9.17) is 5.10 Å². The molecule has 5 nitrogen and oxygen atoms in total. The molecule has 0 atom stereocenters. The van der Waals surface area contributed by atoms with E-state index in [0.717, 1.165) is 42.9 Å². The predicted octanol–water partition coefficient (Wildman–Crippen LogP) is 3.76. The van der Waals surface area contributed by atoms with Gasteiger partial charge in [0, 0.05) is 31.4 Å². The molecule has 2 aromatic carbocycles. The van der Waals surface area contributed by atoms with Gasteiger partial charge in [0.25, 0.3) is 5.91 Å². The number of rotatable bonds is 3. The zero-order chi connectivity index (χ0) is 20.4. The third-order valence-corrected chi connectivity index (χ3v) is 5.37. The molecule has 0 N–H and O–H groups in total. The van der Waals surface area contributed by atoms with Gasteiger partial charge in [-0.05, 0) is 51.2 Å². The number of nitrogens with zero attached hydrogens (tertiary/aromatic N) is 4. The molecule has 1 aliphatic rings. The predicted molar refractivity (Wildman–Crippen MR) is 112 cm³/mol. The van der Waals surface area contributed by atoms with E-state index in [1.165, 1.54) is 12.1 Å². The first-order chi connectivity index (χ1) is 14.0. The Kier molecular flexibility index (Phi) is 5.45. The van der Waals surface area contributed by atoms with Gasteiger partial charge in [-0.1, -0.05) is 29.8 Å². The number of carbonyl (C=O) groups is 1. The number of benzene rings is 2. The van der Waals surface area contributed by atoms with Crippen LogP contribution in [0, 0.1) is 12.7 Å². The zero-order valence-corrected chi connectivity index (χ0v) is 16.8. The molecule has 0 radical (unpaired) electrons. The molecule has 1 aromatic heterocycles. The number of halogens is 1. The van der Waals surface area contributed by atoms with Gasteiger partial charge in [-0.2, -0.15) is 5.10 Å². The quantitative estimate of drug-likeness (QED) is 0.681.